The summed E-state index contributed by atoms with van der Waals surface area (Å²) in [4.78, 5) is 21.1. The molecule has 1 rings (SSSR count). The van der Waals surface area contributed by atoms with Crippen molar-refractivity contribution in [2.24, 2.45) is 0 Å². The highest BCUT2D eigenvalue weighted by Gasteiger charge is 2.21. The molecule has 0 aromatic heterocycles. The highest BCUT2D eigenvalue weighted by Crippen LogP contribution is 1.84. The molecule has 0 aliphatic carbocycles. The van der Waals surface area contributed by atoms with Crippen LogP contribution in [0.3, 0.4) is 0 Å². The molecule has 5 nitrogen and oxygen atoms in total. The maximum absolute atomic E-state index is 10.6. The number of carbonyl (C=O) groups is 2. The van der Waals surface area contributed by atoms with Crippen LogP contribution in [0.1, 0.15) is 6.92 Å². The Morgan fingerprint density at radius 3 is 2.70 bits per heavy atom. The van der Waals surface area contributed by atoms with Crippen LogP contribution in [0.4, 0.5) is 0 Å². The summed E-state index contributed by atoms with van der Waals surface area (Å²) in [6.07, 6.45) is 0. The van der Waals surface area contributed by atoms with Gasteiger partial charge in [-0.3, -0.25) is 15.0 Å². The standard InChI is InChI=1S/C5H9N3O2/c1-2-8-3-6-4(9)5(10)7-8/h2-3H2,1H3,(H,6,9)(H,7,10). The second-order valence-corrected chi connectivity index (χ2v) is 1.96. The molecule has 1 aliphatic rings. The second-order valence-electron chi connectivity index (χ2n) is 1.96. The summed E-state index contributed by atoms with van der Waals surface area (Å²) in [6.45, 7) is 2.96. The Morgan fingerprint density at radius 2 is 2.20 bits per heavy atom. The highest BCUT2D eigenvalue weighted by molar-refractivity contribution is 6.35. The largest absolute Gasteiger partial charge is 0.333 e. The molecule has 1 fully saturated rings. The Hall–Kier alpha value is -1.10. The van der Waals surface area contributed by atoms with E-state index in [4.69, 9.17) is 0 Å². The molecule has 1 heterocycles. The predicted octanol–water partition coefficient (Wildman–Crippen LogP) is -1.57. The monoisotopic (exact) mass is 143 g/mol. The van der Waals surface area contributed by atoms with E-state index < -0.39 is 11.8 Å². The number of hydrogen-bond acceptors (Lipinski definition) is 3. The molecular weight excluding hydrogens is 134 g/mol. The van der Waals surface area contributed by atoms with E-state index in [-0.39, 0.29) is 0 Å². The lowest BCUT2D eigenvalue weighted by atomic mass is 10.5. The Kier molecular flexibility index (Phi) is 1.86. The second kappa shape index (κ2) is 2.66. The third-order valence-electron chi connectivity index (χ3n) is 1.28. The van der Waals surface area contributed by atoms with E-state index in [1.54, 1.807) is 5.01 Å². The van der Waals surface area contributed by atoms with Gasteiger partial charge in [0.15, 0.2) is 0 Å². The minimum Gasteiger partial charge on any atom is -0.333 e. The molecule has 0 saturated carbocycles. The first kappa shape index (κ1) is 7.01. The van der Waals surface area contributed by atoms with E-state index in [9.17, 15) is 9.59 Å². The summed E-state index contributed by atoms with van der Waals surface area (Å²) in [5.41, 5.74) is 2.40. The van der Waals surface area contributed by atoms with Crippen LogP contribution in [-0.2, 0) is 9.59 Å². The van der Waals surface area contributed by atoms with E-state index in [0.29, 0.717) is 13.2 Å². The molecule has 0 aromatic carbocycles. The zero-order valence-electron chi connectivity index (χ0n) is 5.68. The molecule has 0 bridgehead atoms. The van der Waals surface area contributed by atoms with Crippen molar-refractivity contribution in [3.63, 3.8) is 0 Å². The van der Waals surface area contributed by atoms with Gasteiger partial charge in [0.05, 0.1) is 6.67 Å². The van der Waals surface area contributed by atoms with Crippen molar-refractivity contribution < 1.29 is 9.59 Å². The molecule has 1 aliphatic heterocycles. The third kappa shape index (κ3) is 1.24. The molecule has 0 spiro atoms. The van der Waals surface area contributed by atoms with Crippen LogP contribution in [0.15, 0.2) is 0 Å². The summed E-state index contributed by atoms with van der Waals surface area (Å²) >= 11 is 0. The van der Waals surface area contributed by atoms with E-state index >= 15 is 0 Å². The van der Waals surface area contributed by atoms with Crippen molar-refractivity contribution in [1.29, 1.82) is 0 Å². The average molecular weight is 143 g/mol. The maximum atomic E-state index is 10.6. The fraction of sp³-hybridized carbons (Fsp3) is 0.600. The minimum atomic E-state index is -0.590. The van der Waals surface area contributed by atoms with Gasteiger partial charge in [-0.15, -0.1) is 0 Å². The first-order valence-corrected chi connectivity index (χ1v) is 3.07. The molecule has 10 heavy (non-hydrogen) atoms. The molecule has 0 atom stereocenters. The molecule has 2 amide bonds. The molecule has 56 valence electrons. The smallest absolute Gasteiger partial charge is 0.323 e. The van der Waals surface area contributed by atoms with Crippen molar-refractivity contribution in [1.82, 2.24) is 15.8 Å². The number of hydrazine groups is 1. The third-order valence-corrected chi connectivity index (χ3v) is 1.28. The van der Waals surface area contributed by atoms with E-state index in [1.807, 2.05) is 6.92 Å². The lowest BCUT2D eigenvalue weighted by Crippen LogP contribution is -2.58. The number of carbonyl (C=O) groups excluding carboxylic acids is 2. The van der Waals surface area contributed by atoms with Crippen LogP contribution in [0, 0.1) is 0 Å². The lowest BCUT2D eigenvalue weighted by molar-refractivity contribution is -0.146. The van der Waals surface area contributed by atoms with Crippen LogP contribution in [-0.4, -0.2) is 30.0 Å². The Balaban J connectivity index is 2.48. The first-order valence-electron chi connectivity index (χ1n) is 3.07. The normalized spacial score (nSPS) is 20.1. The number of amides is 2. The quantitative estimate of drug-likeness (QED) is 0.436. The van der Waals surface area contributed by atoms with Gasteiger partial charge in [-0.05, 0) is 0 Å². The molecular formula is C5H9N3O2. The fourth-order valence-electron chi connectivity index (χ4n) is 0.672. The molecule has 1 saturated heterocycles. The summed E-state index contributed by atoms with van der Waals surface area (Å²) in [5.74, 6) is -1.15. The van der Waals surface area contributed by atoms with Gasteiger partial charge >= 0.3 is 11.8 Å². The summed E-state index contributed by atoms with van der Waals surface area (Å²) < 4.78 is 0. The van der Waals surface area contributed by atoms with Crippen molar-refractivity contribution in [3.05, 3.63) is 0 Å². The zero-order chi connectivity index (χ0) is 7.56. The summed E-state index contributed by atoms with van der Waals surface area (Å²) in [6, 6.07) is 0. The predicted molar refractivity (Wildman–Crippen MR) is 33.5 cm³/mol. The highest BCUT2D eigenvalue weighted by atomic mass is 16.2. The topological polar surface area (TPSA) is 61.4 Å². The van der Waals surface area contributed by atoms with Crippen molar-refractivity contribution in [2.75, 3.05) is 13.2 Å². The van der Waals surface area contributed by atoms with Gasteiger partial charge in [0, 0.05) is 6.54 Å². The van der Waals surface area contributed by atoms with Crippen molar-refractivity contribution in [3.8, 4) is 0 Å². The van der Waals surface area contributed by atoms with Gasteiger partial charge in [0.25, 0.3) is 0 Å². The van der Waals surface area contributed by atoms with E-state index in [2.05, 4.69) is 10.7 Å². The van der Waals surface area contributed by atoms with Crippen molar-refractivity contribution >= 4 is 11.8 Å². The SMILES string of the molecule is CCN1CNC(=O)C(=O)N1. The van der Waals surface area contributed by atoms with Crippen LogP contribution >= 0.6 is 0 Å². The van der Waals surface area contributed by atoms with Gasteiger partial charge in [0.2, 0.25) is 0 Å². The van der Waals surface area contributed by atoms with Crippen LogP contribution in [0.5, 0.6) is 0 Å². The molecule has 0 aromatic rings. The molecule has 0 radical (unpaired) electrons. The Labute approximate surface area is 58.3 Å². The van der Waals surface area contributed by atoms with Gasteiger partial charge in [-0.2, -0.15) is 0 Å². The molecule has 0 unspecified atom stereocenters. The van der Waals surface area contributed by atoms with Gasteiger partial charge in [-0.1, -0.05) is 6.92 Å². The van der Waals surface area contributed by atoms with Crippen LogP contribution < -0.4 is 10.7 Å². The van der Waals surface area contributed by atoms with Gasteiger partial charge in [0.1, 0.15) is 0 Å². The zero-order valence-corrected chi connectivity index (χ0v) is 5.68. The number of nitrogens with one attached hydrogen (secondary N) is 2. The molecule has 2 N–H and O–H groups in total. The summed E-state index contributed by atoms with van der Waals surface area (Å²) in [5, 5.41) is 4.02. The van der Waals surface area contributed by atoms with Gasteiger partial charge < -0.3 is 5.32 Å². The van der Waals surface area contributed by atoms with Crippen LogP contribution in [0.25, 0.3) is 0 Å². The average Bonchev–Trinajstić information content (AvgIpc) is 1.95. The fourth-order valence-corrected chi connectivity index (χ4v) is 0.672. The maximum Gasteiger partial charge on any atom is 0.323 e. The van der Waals surface area contributed by atoms with Crippen LogP contribution in [0.2, 0.25) is 0 Å². The Morgan fingerprint density at radius 1 is 1.50 bits per heavy atom. The van der Waals surface area contributed by atoms with E-state index in [0.717, 1.165) is 0 Å². The Bertz CT molecular complexity index is 168. The summed E-state index contributed by atoms with van der Waals surface area (Å²) in [7, 11) is 0. The van der Waals surface area contributed by atoms with E-state index in [1.165, 1.54) is 0 Å². The first-order chi connectivity index (χ1) is 4.74. The number of rotatable bonds is 1. The number of nitrogens with zero attached hydrogens (tertiary/aromatic N) is 1. The van der Waals surface area contributed by atoms with Gasteiger partial charge in [-0.25, -0.2) is 5.01 Å². The lowest BCUT2D eigenvalue weighted by Gasteiger charge is -2.25. The molecule has 5 heteroatoms. The van der Waals surface area contributed by atoms with Crippen molar-refractivity contribution in [2.45, 2.75) is 6.92 Å². The number of hydrogen-bond donors (Lipinski definition) is 2. The minimum absolute atomic E-state index is 0.390.